The molecule has 3 heterocycles. The first-order chi connectivity index (χ1) is 16.3. The zero-order chi connectivity index (χ0) is 24.0. The summed E-state index contributed by atoms with van der Waals surface area (Å²) in [6.07, 6.45) is 1.43. The van der Waals surface area contributed by atoms with E-state index in [9.17, 15) is 22.8 Å². The molecule has 2 aromatic carbocycles. The van der Waals surface area contributed by atoms with Gasteiger partial charge in [-0.25, -0.2) is 8.42 Å². The zero-order valence-corrected chi connectivity index (χ0v) is 18.7. The predicted molar refractivity (Wildman–Crippen MR) is 121 cm³/mol. The number of benzene rings is 2. The van der Waals surface area contributed by atoms with Gasteiger partial charge >= 0.3 is 0 Å². The molecule has 2 aliphatic heterocycles. The fourth-order valence-electron chi connectivity index (χ4n) is 4.00. The topological polar surface area (TPSA) is 126 Å². The number of rotatable bonds is 5. The second-order valence-electron chi connectivity index (χ2n) is 7.66. The Kier molecular flexibility index (Phi) is 5.05. The molecule has 0 saturated heterocycles. The number of fused-ring (bicyclic) bond motifs is 2. The molecule has 0 fully saturated rings. The summed E-state index contributed by atoms with van der Waals surface area (Å²) in [6, 6.07) is 14.0. The van der Waals surface area contributed by atoms with Crippen molar-refractivity contribution in [2.45, 2.75) is 11.4 Å². The predicted octanol–water partition coefficient (Wildman–Crippen LogP) is 2.03. The number of hydrogen-bond acceptors (Lipinski definition) is 7. The van der Waals surface area contributed by atoms with Gasteiger partial charge in [-0.1, -0.05) is 18.2 Å². The quantitative estimate of drug-likeness (QED) is 0.556. The molecular formula is C23H18N4O6S. The lowest BCUT2D eigenvalue weighted by Gasteiger charge is -2.30. The Labute approximate surface area is 194 Å². The Bertz CT molecular complexity index is 1430. The number of imide groups is 1. The largest absolute Gasteiger partial charge is 0.495 e. The number of amides is 3. The SMILES string of the molecule is COc1ccc(CN2C(=O)c3cccnc3C2=O)cc1S(=O)(=O)N1CC(=O)Nc2ccccc21. The van der Waals surface area contributed by atoms with Crippen LogP contribution in [0.1, 0.15) is 26.4 Å². The van der Waals surface area contributed by atoms with Crippen LogP contribution >= 0.6 is 0 Å². The van der Waals surface area contributed by atoms with Crippen molar-refractivity contribution >= 4 is 39.1 Å². The highest BCUT2D eigenvalue weighted by Gasteiger charge is 2.38. The third kappa shape index (κ3) is 3.37. The van der Waals surface area contributed by atoms with Gasteiger partial charge in [0.15, 0.2) is 0 Å². The average Bonchev–Trinajstić information content (AvgIpc) is 3.08. The number of nitrogens with zero attached hydrogens (tertiary/aromatic N) is 3. The number of carbonyl (C=O) groups is 3. The highest BCUT2D eigenvalue weighted by Crippen LogP contribution is 2.36. The van der Waals surface area contributed by atoms with Crippen LogP contribution in [0.3, 0.4) is 0 Å². The molecule has 3 aromatic rings. The highest BCUT2D eigenvalue weighted by atomic mass is 32.2. The Hall–Kier alpha value is -4.25. The number of hydrogen-bond donors (Lipinski definition) is 1. The normalized spacial score (nSPS) is 15.1. The molecule has 172 valence electrons. The van der Waals surface area contributed by atoms with Gasteiger partial charge in [0.05, 0.1) is 30.6 Å². The van der Waals surface area contributed by atoms with E-state index in [1.807, 2.05) is 0 Å². The van der Waals surface area contributed by atoms with E-state index in [0.717, 1.165) is 9.21 Å². The maximum Gasteiger partial charge on any atom is 0.280 e. The van der Waals surface area contributed by atoms with Gasteiger partial charge in [0.1, 0.15) is 22.9 Å². The number of pyridine rings is 1. The molecule has 5 rings (SSSR count). The van der Waals surface area contributed by atoms with Crippen LogP contribution in [-0.2, 0) is 21.4 Å². The summed E-state index contributed by atoms with van der Waals surface area (Å²) in [4.78, 5) is 42.4. The molecule has 3 amide bonds. The second kappa shape index (κ2) is 7.96. The molecule has 1 aromatic heterocycles. The van der Waals surface area contributed by atoms with Crippen molar-refractivity contribution in [1.82, 2.24) is 9.88 Å². The van der Waals surface area contributed by atoms with Crippen molar-refractivity contribution in [2.75, 3.05) is 23.3 Å². The summed E-state index contributed by atoms with van der Waals surface area (Å²) in [7, 11) is -2.91. The number of para-hydroxylation sites is 2. The molecule has 34 heavy (non-hydrogen) atoms. The first-order valence-corrected chi connectivity index (χ1v) is 11.6. The summed E-state index contributed by atoms with van der Waals surface area (Å²) in [6.45, 7) is -0.561. The monoisotopic (exact) mass is 478 g/mol. The first kappa shape index (κ1) is 21.6. The van der Waals surface area contributed by atoms with Crippen LogP contribution in [0.2, 0.25) is 0 Å². The third-order valence-corrected chi connectivity index (χ3v) is 7.38. The number of nitrogens with one attached hydrogen (secondary N) is 1. The summed E-state index contributed by atoms with van der Waals surface area (Å²) in [5.41, 5.74) is 1.34. The molecule has 11 heteroatoms. The molecule has 0 unspecified atom stereocenters. The van der Waals surface area contributed by atoms with Gasteiger partial charge < -0.3 is 10.1 Å². The molecule has 0 saturated carbocycles. The zero-order valence-electron chi connectivity index (χ0n) is 17.9. The first-order valence-electron chi connectivity index (χ1n) is 10.2. The van der Waals surface area contributed by atoms with Crippen LogP contribution in [0.4, 0.5) is 11.4 Å². The van der Waals surface area contributed by atoms with Crippen molar-refractivity contribution in [2.24, 2.45) is 0 Å². The van der Waals surface area contributed by atoms with Crippen LogP contribution in [0.5, 0.6) is 5.75 Å². The minimum Gasteiger partial charge on any atom is -0.495 e. The van der Waals surface area contributed by atoms with Crippen molar-refractivity contribution in [3.05, 3.63) is 77.6 Å². The van der Waals surface area contributed by atoms with Gasteiger partial charge in [0, 0.05) is 6.20 Å². The van der Waals surface area contributed by atoms with Crippen molar-refractivity contribution in [3.63, 3.8) is 0 Å². The van der Waals surface area contributed by atoms with Crippen molar-refractivity contribution < 1.29 is 27.5 Å². The lowest BCUT2D eigenvalue weighted by Crippen LogP contribution is -2.42. The Morgan fingerprint density at radius 2 is 1.82 bits per heavy atom. The number of anilines is 2. The van der Waals surface area contributed by atoms with Crippen LogP contribution in [0, 0.1) is 0 Å². The minimum absolute atomic E-state index is 0.0600. The molecule has 10 nitrogen and oxygen atoms in total. The van der Waals surface area contributed by atoms with E-state index >= 15 is 0 Å². The average molecular weight is 478 g/mol. The molecule has 0 bridgehead atoms. The van der Waals surface area contributed by atoms with Gasteiger partial charge in [-0.3, -0.25) is 28.6 Å². The third-order valence-electron chi connectivity index (χ3n) is 5.60. The summed E-state index contributed by atoms with van der Waals surface area (Å²) in [5.74, 6) is -1.47. The molecular weight excluding hydrogens is 460 g/mol. The minimum atomic E-state index is -4.24. The maximum absolute atomic E-state index is 13.7. The molecule has 0 spiro atoms. The molecule has 0 aliphatic carbocycles. The Morgan fingerprint density at radius 3 is 2.59 bits per heavy atom. The van der Waals surface area contributed by atoms with E-state index < -0.39 is 34.3 Å². The van der Waals surface area contributed by atoms with E-state index in [-0.39, 0.29) is 28.4 Å². The second-order valence-corrected chi connectivity index (χ2v) is 9.49. The number of carbonyl (C=O) groups excluding carboxylic acids is 3. The number of aromatic nitrogens is 1. The van der Waals surface area contributed by atoms with Gasteiger partial charge in [-0.2, -0.15) is 0 Å². The number of ether oxygens (including phenoxy) is 1. The van der Waals surface area contributed by atoms with Crippen LogP contribution in [-0.4, -0.2) is 49.7 Å². The van der Waals surface area contributed by atoms with Crippen molar-refractivity contribution in [1.29, 1.82) is 0 Å². The van der Waals surface area contributed by atoms with E-state index in [0.29, 0.717) is 16.9 Å². The van der Waals surface area contributed by atoms with Crippen molar-refractivity contribution in [3.8, 4) is 5.75 Å². The fraction of sp³-hybridized carbons (Fsp3) is 0.130. The lowest BCUT2D eigenvalue weighted by molar-refractivity contribution is -0.115. The maximum atomic E-state index is 13.7. The summed E-state index contributed by atoms with van der Waals surface area (Å²) >= 11 is 0. The molecule has 0 radical (unpaired) electrons. The van der Waals surface area contributed by atoms with E-state index in [4.69, 9.17) is 4.74 Å². The van der Waals surface area contributed by atoms with Gasteiger partial charge in [0.25, 0.3) is 21.8 Å². The Balaban J connectivity index is 1.53. The lowest BCUT2D eigenvalue weighted by atomic mass is 10.2. The van der Waals surface area contributed by atoms with E-state index in [2.05, 4.69) is 10.3 Å². The van der Waals surface area contributed by atoms with E-state index in [1.54, 1.807) is 36.4 Å². The molecule has 1 N–H and O–H groups in total. The smallest absolute Gasteiger partial charge is 0.280 e. The highest BCUT2D eigenvalue weighted by molar-refractivity contribution is 7.93. The Morgan fingerprint density at radius 1 is 1.03 bits per heavy atom. The van der Waals surface area contributed by atoms with E-state index in [1.165, 1.54) is 31.5 Å². The van der Waals surface area contributed by atoms with Gasteiger partial charge in [-0.05, 0) is 42.0 Å². The van der Waals surface area contributed by atoms with Crippen LogP contribution in [0.25, 0.3) is 0 Å². The summed E-state index contributed by atoms with van der Waals surface area (Å²) in [5, 5.41) is 2.66. The molecule has 0 atom stereocenters. The van der Waals surface area contributed by atoms with Crippen LogP contribution < -0.4 is 14.4 Å². The number of methoxy groups -OCH3 is 1. The fourth-order valence-corrected chi connectivity index (χ4v) is 5.65. The van der Waals surface area contributed by atoms with Gasteiger partial charge in [0.2, 0.25) is 5.91 Å². The standard InChI is InChI=1S/C23H18N4O6S/c1-33-18-9-8-14(12-26-22(29)15-5-4-10-24-21(15)23(26)30)11-19(18)34(31,32)27-13-20(28)25-16-6-2-3-7-17(16)27/h2-11H,12-13H2,1H3,(H,25,28). The van der Waals surface area contributed by atoms with Gasteiger partial charge in [-0.15, -0.1) is 0 Å². The summed E-state index contributed by atoms with van der Waals surface area (Å²) < 4.78 is 33.7. The van der Waals surface area contributed by atoms with Crippen LogP contribution in [0.15, 0.2) is 65.7 Å². The number of sulfonamides is 1. The molecule has 2 aliphatic rings.